The van der Waals surface area contributed by atoms with Crippen molar-refractivity contribution < 1.29 is 9.59 Å². The zero-order valence-electron chi connectivity index (χ0n) is 15.0. The van der Waals surface area contributed by atoms with Gasteiger partial charge in [0.05, 0.1) is 0 Å². The lowest BCUT2D eigenvalue weighted by Gasteiger charge is -2.17. The number of hydrogen-bond donors (Lipinski definition) is 0. The zero-order valence-corrected chi connectivity index (χ0v) is 15.0. The maximum Gasteiger partial charge on any atom is 0.163 e. The molecule has 1 atom stereocenters. The molecule has 0 amide bonds. The summed E-state index contributed by atoms with van der Waals surface area (Å²) >= 11 is 0. The van der Waals surface area contributed by atoms with Crippen LogP contribution in [0.1, 0.15) is 63.2 Å². The Bertz CT molecular complexity index is 700. The third-order valence-corrected chi connectivity index (χ3v) is 4.63. The summed E-state index contributed by atoms with van der Waals surface area (Å²) in [6, 6.07) is 13.8. The number of carbonyl (C=O) groups excluding carboxylic acids is 2. The molecule has 2 heteroatoms. The highest BCUT2D eigenvalue weighted by atomic mass is 16.1. The quantitative estimate of drug-likeness (QED) is 0.429. The molecule has 2 rings (SSSR count). The summed E-state index contributed by atoms with van der Waals surface area (Å²) in [5.74, 6) is 0.146. The Morgan fingerprint density at radius 3 is 2.33 bits per heavy atom. The fourth-order valence-corrected chi connectivity index (χ4v) is 3.16. The Morgan fingerprint density at radius 1 is 0.958 bits per heavy atom. The van der Waals surface area contributed by atoms with E-state index in [-0.39, 0.29) is 23.4 Å². The molecule has 0 saturated heterocycles. The molecule has 0 spiro atoms. The average Bonchev–Trinajstić information content (AvgIpc) is 2.59. The fourth-order valence-electron chi connectivity index (χ4n) is 3.16. The molecule has 0 bridgehead atoms. The molecule has 0 aromatic heterocycles. The van der Waals surface area contributed by atoms with E-state index in [1.54, 1.807) is 0 Å². The number of ketones is 2. The van der Waals surface area contributed by atoms with Crippen LogP contribution in [0.4, 0.5) is 0 Å². The van der Waals surface area contributed by atoms with Crippen molar-refractivity contribution in [1.29, 1.82) is 0 Å². The highest BCUT2D eigenvalue weighted by Gasteiger charge is 2.24. The van der Waals surface area contributed by atoms with Gasteiger partial charge in [0.1, 0.15) is 5.78 Å². The predicted molar refractivity (Wildman–Crippen MR) is 100 cm³/mol. The van der Waals surface area contributed by atoms with Crippen LogP contribution < -0.4 is 0 Å². The second kappa shape index (κ2) is 8.77. The van der Waals surface area contributed by atoms with Gasteiger partial charge in [0, 0.05) is 23.8 Å². The second-order valence-corrected chi connectivity index (χ2v) is 6.94. The molecule has 0 aliphatic heterocycles. The summed E-state index contributed by atoms with van der Waals surface area (Å²) in [6.45, 7) is 6.00. The van der Waals surface area contributed by atoms with Crippen LogP contribution in [-0.4, -0.2) is 11.6 Å². The van der Waals surface area contributed by atoms with Gasteiger partial charge in [0.2, 0.25) is 0 Å². The van der Waals surface area contributed by atoms with Crippen LogP contribution in [0.2, 0.25) is 0 Å². The Labute approximate surface area is 145 Å². The number of unbranched alkanes of at least 4 members (excludes halogenated alkanes) is 2. The molecule has 0 fully saturated rings. The number of benzene rings is 2. The van der Waals surface area contributed by atoms with Gasteiger partial charge in [-0.1, -0.05) is 76.4 Å². The number of rotatable bonds is 9. The first-order valence-corrected chi connectivity index (χ1v) is 9.08. The first-order valence-electron chi connectivity index (χ1n) is 9.08. The van der Waals surface area contributed by atoms with Gasteiger partial charge in [0.25, 0.3) is 0 Å². The minimum atomic E-state index is -0.143. The van der Waals surface area contributed by atoms with Crippen molar-refractivity contribution in [2.45, 2.75) is 52.9 Å². The van der Waals surface area contributed by atoms with Crippen LogP contribution in [0, 0.1) is 11.8 Å². The molecule has 0 radical (unpaired) electrons. The lowest BCUT2D eigenvalue weighted by Crippen LogP contribution is -2.23. The Morgan fingerprint density at radius 2 is 1.67 bits per heavy atom. The van der Waals surface area contributed by atoms with Crippen LogP contribution >= 0.6 is 0 Å². The molecule has 24 heavy (non-hydrogen) atoms. The number of hydrogen-bond acceptors (Lipinski definition) is 2. The summed E-state index contributed by atoms with van der Waals surface area (Å²) in [6.07, 6.45) is 4.42. The molecule has 128 valence electrons. The molecule has 2 nitrogen and oxygen atoms in total. The standard InChI is InChI=1S/C22H28O2/c1-4-5-6-11-20(22(24)16(2)3)15-21(23)19-13-12-17-9-7-8-10-18(17)14-19/h7-10,12-14,16,20H,4-6,11,15H2,1-3H3. The molecule has 0 N–H and O–H groups in total. The molecule has 2 aromatic rings. The van der Waals surface area contributed by atoms with Gasteiger partial charge in [-0.2, -0.15) is 0 Å². The van der Waals surface area contributed by atoms with Crippen molar-refractivity contribution in [1.82, 2.24) is 0 Å². The molecule has 0 aliphatic carbocycles. The molecule has 2 aromatic carbocycles. The van der Waals surface area contributed by atoms with E-state index in [0.29, 0.717) is 12.0 Å². The van der Waals surface area contributed by atoms with E-state index in [9.17, 15) is 9.59 Å². The fraction of sp³-hybridized carbons (Fsp3) is 0.455. The van der Waals surface area contributed by atoms with E-state index in [2.05, 4.69) is 6.92 Å². The second-order valence-electron chi connectivity index (χ2n) is 6.94. The molecule has 0 saturated carbocycles. The lowest BCUT2D eigenvalue weighted by molar-refractivity contribution is -0.126. The van der Waals surface area contributed by atoms with Crippen LogP contribution in [-0.2, 0) is 4.79 Å². The van der Waals surface area contributed by atoms with E-state index >= 15 is 0 Å². The maximum atomic E-state index is 12.7. The van der Waals surface area contributed by atoms with E-state index in [4.69, 9.17) is 0 Å². The van der Waals surface area contributed by atoms with Crippen LogP contribution in [0.3, 0.4) is 0 Å². The highest BCUT2D eigenvalue weighted by Crippen LogP contribution is 2.23. The molecular weight excluding hydrogens is 296 g/mol. The highest BCUT2D eigenvalue weighted by molar-refractivity contribution is 6.02. The zero-order chi connectivity index (χ0) is 17.5. The van der Waals surface area contributed by atoms with Crippen molar-refractivity contribution in [3.05, 3.63) is 48.0 Å². The van der Waals surface area contributed by atoms with Gasteiger partial charge in [-0.15, -0.1) is 0 Å². The Kier molecular flexibility index (Phi) is 6.72. The van der Waals surface area contributed by atoms with E-state index in [0.717, 1.165) is 36.5 Å². The molecule has 0 heterocycles. The summed E-state index contributed by atoms with van der Waals surface area (Å²) in [7, 11) is 0. The van der Waals surface area contributed by atoms with Crippen molar-refractivity contribution in [2.24, 2.45) is 11.8 Å². The minimum absolute atomic E-state index is 0.0129. The average molecular weight is 324 g/mol. The first kappa shape index (κ1) is 18.4. The molecular formula is C22H28O2. The first-order chi connectivity index (χ1) is 11.5. The Balaban J connectivity index is 2.13. The number of carbonyl (C=O) groups is 2. The van der Waals surface area contributed by atoms with Crippen molar-refractivity contribution in [3.8, 4) is 0 Å². The van der Waals surface area contributed by atoms with Crippen molar-refractivity contribution in [3.63, 3.8) is 0 Å². The summed E-state index contributed by atoms with van der Waals surface area (Å²) in [5, 5.41) is 2.20. The van der Waals surface area contributed by atoms with Crippen LogP contribution in [0.25, 0.3) is 10.8 Å². The van der Waals surface area contributed by atoms with Gasteiger partial charge >= 0.3 is 0 Å². The van der Waals surface area contributed by atoms with Gasteiger partial charge in [-0.05, 0) is 23.3 Å². The van der Waals surface area contributed by atoms with E-state index in [1.807, 2.05) is 56.3 Å². The van der Waals surface area contributed by atoms with Crippen LogP contribution in [0.5, 0.6) is 0 Å². The number of fused-ring (bicyclic) bond motifs is 1. The van der Waals surface area contributed by atoms with Crippen LogP contribution in [0.15, 0.2) is 42.5 Å². The molecule has 1 unspecified atom stereocenters. The Hall–Kier alpha value is -1.96. The van der Waals surface area contributed by atoms with Gasteiger partial charge in [-0.25, -0.2) is 0 Å². The lowest BCUT2D eigenvalue weighted by atomic mass is 9.85. The summed E-state index contributed by atoms with van der Waals surface area (Å²) < 4.78 is 0. The predicted octanol–water partition coefficient (Wildman–Crippen LogP) is 5.83. The van der Waals surface area contributed by atoms with Gasteiger partial charge < -0.3 is 0 Å². The minimum Gasteiger partial charge on any atom is -0.299 e. The topological polar surface area (TPSA) is 34.1 Å². The van der Waals surface area contributed by atoms with Gasteiger partial charge in [-0.3, -0.25) is 9.59 Å². The number of Topliss-reactive ketones (excluding diaryl/α,β-unsaturated/α-hetero) is 2. The molecule has 0 aliphatic rings. The largest absolute Gasteiger partial charge is 0.299 e. The summed E-state index contributed by atoms with van der Waals surface area (Å²) in [4.78, 5) is 25.2. The normalized spacial score (nSPS) is 12.5. The smallest absolute Gasteiger partial charge is 0.163 e. The SMILES string of the molecule is CCCCCC(CC(=O)c1ccc2ccccc2c1)C(=O)C(C)C. The summed E-state index contributed by atoms with van der Waals surface area (Å²) in [5.41, 5.74) is 0.714. The van der Waals surface area contributed by atoms with Gasteiger partial charge in [0.15, 0.2) is 5.78 Å². The van der Waals surface area contributed by atoms with Crippen molar-refractivity contribution >= 4 is 22.3 Å². The van der Waals surface area contributed by atoms with Crippen molar-refractivity contribution in [2.75, 3.05) is 0 Å². The maximum absolute atomic E-state index is 12.7. The monoisotopic (exact) mass is 324 g/mol. The van der Waals surface area contributed by atoms with E-state index in [1.165, 1.54) is 0 Å². The van der Waals surface area contributed by atoms with E-state index < -0.39 is 0 Å². The third-order valence-electron chi connectivity index (χ3n) is 4.63. The third kappa shape index (κ3) is 4.77.